The van der Waals surface area contributed by atoms with Gasteiger partial charge < -0.3 is 9.73 Å². The first-order valence-corrected chi connectivity index (χ1v) is 6.57. The maximum absolute atomic E-state index is 5.30. The monoisotopic (exact) mass is 221 g/mol. The summed E-state index contributed by atoms with van der Waals surface area (Å²) >= 11 is 0. The summed E-state index contributed by atoms with van der Waals surface area (Å²) in [4.78, 5) is 0. The molecule has 90 valence electrons. The number of furan rings is 1. The predicted octanol–water partition coefficient (Wildman–Crippen LogP) is 3.24. The molecule has 0 bridgehead atoms. The SMILES string of the molecule is CC1CCC(CNCCc2ccco2)CC1. The van der Waals surface area contributed by atoms with Crippen molar-refractivity contribution in [3.63, 3.8) is 0 Å². The van der Waals surface area contributed by atoms with E-state index < -0.39 is 0 Å². The highest BCUT2D eigenvalue weighted by Crippen LogP contribution is 2.27. The minimum absolute atomic E-state index is 0.910. The molecule has 2 rings (SSSR count). The Bertz CT molecular complexity index is 273. The molecule has 0 saturated heterocycles. The molecule has 0 atom stereocenters. The molecule has 0 radical (unpaired) electrons. The van der Waals surface area contributed by atoms with Gasteiger partial charge in [0.05, 0.1) is 6.26 Å². The molecule has 1 fully saturated rings. The van der Waals surface area contributed by atoms with Crippen molar-refractivity contribution in [2.45, 2.75) is 39.0 Å². The molecule has 0 amide bonds. The maximum atomic E-state index is 5.30. The Kier molecular flexibility index (Phi) is 4.46. The summed E-state index contributed by atoms with van der Waals surface area (Å²) in [5.41, 5.74) is 0. The van der Waals surface area contributed by atoms with Gasteiger partial charge >= 0.3 is 0 Å². The van der Waals surface area contributed by atoms with Crippen LogP contribution in [0.25, 0.3) is 0 Å². The molecular formula is C14H23NO. The summed E-state index contributed by atoms with van der Waals surface area (Å²) in [6, 6.07) is 4.00. The summed E-state index contributed by atoms with van der Waals surface area (Å²) in [6.45, 7) is 4.60. The van der Waals surface area contributed by atoms with E-state index in [4.69, 9.17) is 4.42 Å². The Morgan fingerprint density at radius 3 is 2.81 bits per heavy atom. The fraction of sp³-hybridized carbons (Fsp3) is 0.714. The van der Waals surface area contributed by atoms with Crippen LogP contribution in [0.2, 0.25) is 0 Å². The molecule has 2 nitrogen and oxygen atoms in total. The summed E-state index contributed by atoms with van der Waals surface area (Å²) in [5.74, 6) is 2.96. The average Bonchev–Trinajstić information content (AvgIpc) is 2.80. The standard InChI is InChI=1S/C14H23NO/c1-12-4-6-13(7-5-12)11-15-9-8-14-3-2-10-16-14/h2-3,10,12-13,15H,4-9,11H2,1H3. The Balaban J connectivity index is 1.55. The van der Waals surface area contributed by atoms with Crippen molar-refractivity contribution in [3.05, 3.63) is 24.2 Å². The zero-order valence-electron chi connectivity index (χ0n) is 10.2. The van der Waals surface area contributed by atoms with Crippen LogP contribution in [-0.2, 0) is 6.42 Å². The molecule has 1 aliphatic rings. The summed E-state index contributed by atoms with van der Waals surface area (Å²) in [7, 11) is 0. The van der Waals surface area contributed by atoms with Gasteiger partial charge in [-0.05, 0) is 43.4 Å². The van der Waals surface area contributed by atoms with Gasteiger partial charge in [-0.2, -0.15) is 0 Å². The van der Waals surface area contributed by atoms with E-state index in [9.17, 15) is 0 Å². The van der Waals surface area contributed by atoms with E-state index in [0.717, 1.165) is 30.6 Å². The summed E-state index contributed by atoms with van der Waals surface area (Å²) in [6.07, 6.45) is 8.42. The van der Waals surface area contributed by atoms with Gasteiger partial charge in [-0.25, -0.2) is 0 Å². The highest BCUT2D eigenvalue weighted by molar-refractivity contribution is 4.98. The second-order valence-electron chi connectivity index (χ2n) is 5.16. The van der Waals surface area contributed by atoms with E-state index in [1.54, 1.807) is 6.26 Å². The van der Waals surface area contributed by atoms with Crippen molar-refractivity contribution in [2.75, 3.05) is 13.1 Å². The van der Waals surface area contributed by atoms with Gasteiger partial charge in [-0.1, -0.05) is 19.8 Å². The van der Waals surface area contributed by atoms with E-state index in [1.165, 1.54) is 32.2 Å². The van der Waals surface area contributed by atoms with Crippen LogP contribution in [0.3, 0.4) is 0 Å². The van der Waals surface area contributed by atoms with Crippen molar-refractivity contribution < 1.29 is 4.42 Å². The van der Waals surface area contributed by atoms with Crippen molar-refractivity contribution in [1.29, 1.82) is 0 Å². The molecule has 0 aromatic carbocycles. The maximum Gasteiger partial charge on any atom is 0.105 e. The van der Waals surface area contributed by atoms with Gasteiger partial charge in [0.2, 0.25) is 0 Å². The van der Waals surface area contributed by atoms with E-state index >= 15 is 0 Å². The van der Waals surface area contributed by atoms with E-state index in [1.807, 2.05) is 12.1 Å². The average molecular weight is 221 g/mol. The van der Waals surface area contributed by atoms with Crippen LogP contribution in [0.5, 0.6) is 0 Å². The smallest absolute Gasteiger partial charge is 0.105 e. The van der Waals surface area contributed by atoms with Crippen LogP contribution in [-0.4, -0.2) is 13.1 Å². The molecule has 0 unspecified atom stereocenters. The lowest BCUT2D eigenvalue weighted by atomic mass is 9.83. The van der Waals surface area contributed by atoms with Crippen molar-refractivity contribution in [3.8, 4) is 0 Å². The van der Waals surface area contributed by atoms with E-state index in [-0.39, 0.29) is 0 Å². The zero-order chi connectivity index (χ0) is 11.2. The second kappa shape index (κ2) is 6.09. The predicted molar refractivity (Wildman–Crippen MR) is 66.4 cm³/mol. The van der Waals surface area contributed by atoms with Crippen LogP contribution >= 0.6 is 0 Å². The molecule has 1 heterocycles. The van der Waals surface area contributed by atoms with Crippen LogP contribution < -0.4 is 5.32 Å². The normalized spacial score (nSPS) is 25.8. The lowest BCUT2D eigenvalue weighted by Crippen LogP contribution is -2.27. The summed E-state index contributed by atoms with van der Waals surface area (Å²) < 4.78 is 5.30. The highest BCUT2D eigenvalue weighted by atomic mass is 16.3. The van der Waals surface area contributed by atoms with E-state index in [0.29, 0.717) is 0 Å². The number of nitrogens with one attached hydrogen (secondary N) is 1. The largest absolute Gasteiger partial charge is 0.469 e. The Labute approximate surface area is 98.4 Å². The lowest BCUT2D eigenvalue weighted by Gasteiger charge is -2.26. The van der Waals surface area contributed by atoms with Gasteiger partial charge in [0.1, 0.15) is 5.76 Å². The third-order valence-electron chi connectivity index (χ3n) is 3.70. The lowest BCUT2D eigenvalue weighted by molar-refractivity contribution is 0.282. The summed E-state index contributed by atoms with van der Waals surface area (Å²) in [5, 5.41) is 3.55. The fourth-order valence-corrected chi connectivity index (χ4v) is 2.51. The molecule has 16 heavy (non-hydrogen) atoms. The minimum atomic E-state index is 0.910. The second-order valence-corrected chi connectivity index (χ2v) is 5.16. The van der Waals surface area contributed by atoms with Gasteiger partial charge in [0, 0.05) is 13.0 Å². The first-order chi connectivity index (χ1) is 7.84. The van der Waals surface area contributed by atoms with Crippen LogP contribution in [0.4, 0.5) is 0 Å². The third-order valence-corrected chi connectivity index (χ3v) is 3.70. The topological polar surface area (TPSA) is 25.2 Å². The van der Waals surface area contributed by atoms with Crippen LogP contribution in [0.1, 0.15) is 38.4 Å². The molecule has 1 aromatic heterocycles. The molecule has 1 N–H and O–H groups in total. The Morgan fingerprint density at radius 1 is 1.31 bits per heavy atom. The quantitative estimate of drug-likeness (QED) is 0.772. The number of hydrogen-bond acceptors (Lipinski definition) is 2. The Hall–Kier alpha value is -0.760. The molecule has 1 saturated carbocycles. The van der Waals surface area contributed by atoms with Crippen LogP contribution in [0.15, 0.2) is 22.8 Å². The van der Waals surface area contributed by atoms with Crippen molar-refractivity contribution in [2.24, 2.45) is 11.8 Å². The third kappa shape index (κ3) is 3.67. The molecule has 0 aliphatic heterocycles. The first kappa shape index (κ1) is 11.7. The van der Waals surface area contributed by atoms with Gasteiger partial charge in [-0.3, -0.25) is 0 Å². The number of rotatable bonds is 5. The van der Waals surface area contributed by atoms with Gasteiger partial charge in [-0.15, -0.1) is 0 Å². The van der Waals surface area contributed by atoms with Crippen molar-refractivity contribution >= 4 is 0 Å². The first-order valence-electron chi connectivity index (χ1n) is 6.57. The molecular weight excluding hydrogens is 198 g/mol. The fourth-order valence-electron chi connectivity index (χ4n) is 2.51. The molecule has 1 aromatic rings. The minimum Gasteiger partial charge on any atom is -0.469 e. The van der Waals surface area contributed by atoms with Gasteiger partial charge in [0.15, 0.2) is 0 Å². The zero-order valence-corrected chi connectivity index (χ0v) is 10.2. The molecule has 0 spiro atoms. The van der Waals surface area contributed by atoms with E-state index in [2.05, 4.69) is 12.2 Å². The highest BCUT2D eigenvalue weighted by Gasteiger charge is 2.17. The molecule has 2 heteroatoms. The van der Waals surface area contributed by atoms with Gasteiger partial charge in [0.25, 0.3) is 0 Å². The van der Waals surface area contributed by atoms with Crippen molar-refractivity contribution in [1.82, 2.24) is 5.32 Å². The van der Waals surface area contributed by atoms with Crippen LogP contribution in [0, 0.1) is 11.8 Å². The number of hydrogen-bond donors (Lipinski definition) is 1. The molecule has 1 aliphatic carbocycles. The Morgan fingerprint density at radius 2 is 2.12 bits per heavy atom.